The highest BCUT2D eigenvalue weighted by molar-refractivity contribution is 6.10. The minimum atomic E-state index is 0.602. The lowest BCUT2D eigenvalue weighted by Crippen LogP contribution is -2.10. The average Bonchev–Trinajstić information content (AvgIpc) is 3.87. The van der Waals surface area contributed by atoms with E-state index in [-0.39, 0.29) is 0 Å². The summed E-state index contributed by atoms with van der Waals surface area (Å²) in [6.45, 7) is 0. The van der Waals surface area contributed by atoms with Crippen LogP contribution in [0.1, 0.15) is 0 Å². The number of oxazole rings is 1. The third-order valence-electron chi connectivity index (χ3n) is 10.9. The first-order valence-electron chi connectivity index (χ1n) is 19.2. The average molecular weight is 731 g/mol. The maximum absolute atomic E-state index is 6.32. The Kier molecular flexibility index (Phi) is 7.78. The molecule has 11 rings (SSSR count). The summed E-state index contributed by atoms with van der Waals surface area (Å²) in [5.41, 5.74) is 14.3. The third kappa shape index (κ3) is 6.01. The quantitative estimate of drug-likeness (QED) is 0.164. The molecule has 9 aromatic carbocycles. The van der Waals surface area contributed by atoms with E-state index in [4.69, 9.17) is 13.8 Å². The van der Waals surface area contributed by atoms with Gasteiger partial charge in [0.1, 0.15) is 16.7 Å². The topological polar surface area (TPSA) is 42.4 Å². The second-order valence-electron chi connectivity index (χ2n) is 14.4. The summed E-state index contributed by atoms with van der Waals surface area (Å²) in [4.78, 5) is 7.08. The zero-order valence-electron chi connectivity index (χ0n) is 30.8. The molecule has 4 nitrogen and oxygen atoms in total. The molecule has 0 atom stereocenters. The van der Waals surface area contributed by atoms with Crippen LogP contribution >= 0.6 is 0 Å². The predicted molar refractivity (Wildman–Crippen MR) is 235 cm³/mol. The number of fused-ring (bicyclic) bond motifs is 5. The Hall–Kier alpha value is -7.69. The van der Waals surface area contributed by atoms with Gasteiger partial charge in [-0.2, -0.15) is 0 Å². The maximum Gasteiger partial charge on any atom is 0.227 e. The SMILES string of the molecule is c1ccc(-c2cccc(N(c3ccc(-c4ccc5ccccc5c4)cc3)c3ccc(-c4ccc5oc6cc7nc(-c8ccccc8)oc7cc6c5c4)cc3)c2)cc1. The zero-order valence-corrected chi connectivity index (χ0v) is 30.8. The van der Waals surface area contributed by atoms with Gasteiger partial charge in [-0.05, 0) is 117 Å². The third-order valence-corrected chi connectivity index (χ3v) is 10.9. The Bertz CT molecular complexity index is 3220. The normalized spacial score (nSPS) is 11.5. The minimum Gasteiger partial charge on any atom is -0.456 e. The van der Waals surface area contributed by atoms with Crippen molar-refractivity contribution in [3.63, 3.8) is 0 Å². The van der Waals surface area contributed by atoms with Crippen LogP contribution in [0.3, 0.4) is 0 Å². The van der Waals surface area contributed by atoms with Gasteiger partial charge in [-0.3, -0.25) is 0 Å². The van der Waals surface area contributed by atoms with Crippen molar-refractivity contribution in [1.29, 1.82) is 0 Å². The molecule has 0 N–H and O–H groups in total. The summed E-state index contributed by atoms with van der Waals surface area (Å²) < 4.78 is 12.5. The van der Waals surface area contributed by atoms with Gasteiger partial charge in [0, 0.05) is 39.5 Å². The number of hydrogen-bond acceptors (Lipinski definition) is 4. The first-order valence-corrected chi connectivity index (χ1v) is 19.2. The van der Waals surface area contributed by atoms with Crippen LogP contribution in [0, 0.1) is 0 Å². The second-order valence-corrected chi connectivity index (χ2v) is 14.4. The smallest absolute Gasteiger partial charge is 0.227 e. The largest absolute Gasteiger partial charge is 0.456 e. The molecule has 0 radical (unpaired) electrons. The van der Waals surface area contributed by atoms with Crippen molar-refractivity contribution in [2.45, 2.75) is 0 Å². The lowest BCUT2D eigenvalue weighted by atomic mass is 10.00. The maximum atomic E-state index is 6.32. The van der Waals surface area contributed by atoms with Gasteiger partial charge >= 0.3 is 0 Å². The number of nitrogens with zero attached hydrogens (tertiary/aromatic N) is 2. The molecular weight excluding hydrogens is 697 g/mol. The van der Waals surface area contributed by atoms with Gasteiger partial charge in [-0.1, -0.05) is 127 Å². The van der Waals surface area contributed by atoms with Gasteiger partial charge in [-0.25, -0.2) is 4.98 Å². The fourth-order valence-electron chi connectivity index (χ4n) is 7.96. The van der Waals surface area contributed by atoms with E-state index in [1.54, 1.807) is 0 Å². The molecule has 0 spiro atoms. The molecule has 0 aliphatic heterocycles. The van der Waals surface area contributed by atoms with Crippen LogP contribution in [0.4, 0.5) is 17.1 Å². The molecule has 2 aromatic heterocycles. The molecule has 4 heteroatoms. The fourth-order valence-corrected chi connectivity index (χ4v) is 7.96. The summed E-state index contributed by atoms with van der Waals surface area (Å²) >= 11 is 0. The Morgan fingerprint density at radius 3 is 1.61 bits per heavy atom. The Morgan fingerprint density at radius 1 is 0.316 bits per heavy atom. The molecule has 0 aliphatic carbocycles. The van der Waals surface area contributed by atoms with Gasteiger partial charge < -0.3 is 13.7 Å². The van der Waals surface area contributed by atoms with E-state index < -0.39 is 0 Å². The number of furan rings is 1. The summed E-state index contributed by atoms with van der Waals surface area (Å²) in [7, 11) is 0. The molecule has 57 heavy (non-hydrogen) atoms. The van der Waals surface area contributed by atoms with Crippen molar-refractivity contribution >= 4 is 60.9 Å². The number of aromatic nitrogens is 1. The zero-order chi connectivity index (χ0) is 37.7. The van der Waals surface area contributed by atoms with Crippen molar-refractivity contribution < 1.29 is 8.83 Å². The summed E-state index contributed by atoms with van der Waals surface area (Å²) in [5.74, 6) is 0.602. The first kappa shape index (κ1) is 32.7. The fraction of sp³-hybridized carbons (Fsp3) is 0. The molecular formula is C53H34N2O2. The van der Waals surface area contributed by atoms with Crippen LogP contribution in [0.25, 0.3) is 88.6 Å². The van der Waals surface area contributed by atoms with Crippen LogP contribution in [0.15, 0.2) is 215 Å². The monoisotopic (exact) mass is 730 g/mol. The Morgan fingerprint density at radius 2 is 0.877 bits per heavy atom. The first-order chi connectivity index (χ1) is 28.2. The molecule has 0 amide bonds. The highest BCUT2D eigenvalue weighted by Gasteiger charge is 2.17. The van der Waals surface area contributed by atoms with Crippen molar-refractivity contribution in [3.8, 4) is 44.8 Å². The van der Waals surface area contributed by atoms with Gasteiger partial charge in [-0.15, -0.1) is 0 Å². The number of anilines is 3. The van der Waals surface area contributed by atoms with Gasteiger partial charge in [0.25, 0.3) is 0 Å². The second kappa shape index (κ2) is 13.6. The van der Waals surface area contributed by atoms with Crippen molar-refractivity contribution in [1.82, 2.24) is 4.98 Å². The Labute approximate surface area is 329 Å². The van der Waals surface area contributed by atoms with E-state index in [9.17, 15) is 0 Å². The van der Waals surface area contributed by atoms with Crippen molar-refractivity contribution in [2.75, 3.05) is 4.90 Å². The standard InChI is InChI=1S/C53H34N2O2/c1-3-10-35(11-4-1)41-16-9-17-46(31-41)55(44-25-20-37(21-26-44)42-19-18-36-12-7-8-15-40(36)30-42)45-27-22-38(23-28-45)43-24-29-50-47(32-43)48-33-52-49(34-51(48)56-50)54-53(57-52)39-13-5-2-6-14-39/h1-34H. The highest BCUT2D eigenvalue weighted by atomic mass is 16.4. The van der Waals surface area contributed by atoms with Crippen molar-refractivity contribution in [2.24, 2.45) is 0 Å². The highest BCUT2D eigenvalue weighted by Crippen LogP contribution is 2.40. The number of hydrogen-bond donors (Lipinski definition) is 0. The number of rotatable bonds is 7. The lowest BCUT2D eigenvalue weighted by molar-refractivity contribution is 0.620. The van der Waals surface area contributed by atoms with Crippen LogP contribution < -0.4 is 4.90 Å². The lowest BCUT2D eigenvalue weighted by Gasteiger charge is -2.26. The van der Waals surface area contributed by atoms with Gasteiger partial charge in [0.2, 0.25) is 5.89 Å². The van der Waals surface area contributed by atoms with E-state index in [0.717, 1.165) is 66.8 Å². The van der Waals surface area contributed by atoms with E-state index in [0.29, 0.717) is 5.89 Å². The summed E-state index contributed by atoms with van der Waals surface area (Å²) in [5, 5.41) is 4.53. The molecule has 0 saturated carbocycles. The Balaban J connectivity index is 0.960. The molecule has 0 bridgehead atoms. The molecule has 2 heterocycles. The van der Waals surface area contributed by atoms with Gasteiger partial charge in [0.05, 0.1) is 0 Å². The van der Waals surface area contributed by atoms with Crippen LogP contribution in [-0.4, -0.2) is 4.98 Å². The van der Waals surface area contributed by atoms with E-state index in [1.807, 2.05) is 36.4 Å². The number of benzene rings is 9. The van der Waals surface area contributed by atoms with Crippen LogP contribution in [-0.2, 0) is 0 Å². The molecule has 0 unspecified atom stereocenters. The van der Waals surface area contributed by atoms with Crippen LogP contribution in [0.5, 0.6) is 0 Å². The molecule has 268 valence electrons. The summed E-state index contributed by atoms with van der Waals surface area (Å²) in [6.07, 6.45) is 0. The minimum absolute atomic E-state index is 0.602. The van der Waals surface area contributed by atoms with Crippen LogP contribution in [0.2, 0.25) is 0 Å². The molecule has 0 aliphatic rings. The van der Waals surface area contributed by atoms with E-state index >= 15 is 0 Å². The van der Waals surface area contributed by atoms with E-state index in [2.05, 4.69) is 175 Å². The molecule has 0 fully saturated rings. The van der Waals surface area contributed by atoms with Crippen molar-refractivity contribution in [3.05, 3.63) is 206 Å². The van der Waals surface area contributed by atoms with E-state index in [1.165, 1.54) is 33.0 Å². The van der Waals surface area contributed by atoms with Gasteiger partial charge in [0.15, 0.2) is 5.58 Å². The summed E-state index contributed by atoms with van der Waals surface area (Å²) in [6, 6.07) is 72.6. The predicted octanol–water partition coefficient (Wildman–Crippen LogP) is 15.0. The molecule has 11 aromatic rings. The molecule has 0 saturated heterocycles.